The monoisotopic (exact) mass is 266 g/mol. The molecule has 0 spiro atoms. The molecular formula is C11H10N2O4S. The van der Waals surface area contributed by atoms with Crippen molar-refractivity contribution in [3.63, 3.8) is 0 Å². The molecule has 0 aliphatic carbocycles. The highest BCUT2D eigenvalue weighted by atomic mass is 32.1. The lowest BCUT2D eigenvalue weighted by atomic mass is 10.1. The van der Waals surface area contributed by atoms with Gasteiger partial charge in [-0.1, -0.05) is 0 Å². The number of hydrogen-bond acceptors (Lipinski definition) is 6. The summed E-state index contributed by atoms with van der Waals surface area (Å²) in [6.45, 7) is 1.83. The van der Waals surface area contributed by atoms with E-state index in [-0.39, 0.29) is 34.7 Å². The third-order valence-electron chi connectivity index (χ3n) is 2.20. The Balaban J connectivity index is 3.25. The second-order valence-corrected chi connectivity index (χ2v) is 3.76. The summed E-state index contributed by atoms with van der Waals surface area (Å²) >= 11 is 4.06. The van der Waals surface area contributed by atoms with Crippen molar-refractivity contribution in [3.05, 3.63) is 33.4 Å². The second-order valence-electron chi connectivity index (χ2n) is 3.31. The van der Waals surface area contributed by atoms with Gasteiger partial charge >= 0.3 is 5.97 Å². The maximum Gasteiger partial charge on any atom is 0.310 e. The normalized spacial score (nSPS) is 9.61. The topological polar surface area (TPSA) is 93.2 Å². The molecule has 0 fully saturated rings. The van der Waals surface area contributed by atoms with Gasteiger partial charge in [-0.15, -0.1) is 12.6 Å². The SMILES string of the molecule is CCOC(=O)Cc1c([N+](=O)[O-])ccc(C#N)c1S. The predicted molar refractivity (Wildman–Crippen MR) is 65.4 cm³/mol. The van der Waals surface area contributed by atoms with Crippen molar-refractivity contribution < 1.29 is 14.5 Å². The molecule has 1 aromatic carbocycles. The van der Waals surface area contributed by atoms with E-state index in [0.29, 0.717) is 0 Å². The average molecular weight is 266 g/mol. The zero-order chi connectivity index (χ0) is 13.7. The van der Waals surface area contributed by atoms with E-state index in [1.165, 1.54) is 12.1 Å². The van der Waals surface area contributed by atoms with Gasteiger partial charge in [0.25, 0.3) is 5.69 Å². The Labute approximate surface area is 109 Å². The first-order valence-corrected chi connectivity index (χ1v) is 5.51. The predicted octanol–water partition coefficient (Wildman–Crippen LogP) is 1.86. The number of hydrogen-bond donors (Lipinski definition) is 1. The van der Waals surface area contributed by atoms with Crippen LogP contribution in [0.15, 0.2) is 17.0 Å². The Kier molecular flexibility index (Phi) is 4.68. The van der Waals surface area contributed by atoms with Gasteiger partial charge in [0.05, 0.1) is 29.1 Å². The van der Waals surface area contributed by atoms with Crippen LogP contribution in [0.25, 0.3) is 0 Å². The van der Waals surface area contributed by atoms with E-state index >= 15 is 0 Å². The Hall–Kier alpha value is -2.07. The van der Waals surface area contributed by atoms with E-state index in [9.17, 15) is 14.9 Å². The molecule has 6 nitrogen and oxygen atoms in total. The zero-order valence-electron chi connectivity index (χ0n) is 9.54. The lowest BCUT2D eigenvalue weighted by molar-refractivity contribution is -0.385. The highest BCUT2D eigenvalue weighted by Crippen LogP contribution is 2.28. The molecule has 0 atom stereocenters. The number of thiol groups is 1. The molecule has 0 aliphatic heterocycles. The molecule has 94 valence electrons. The Morgan fingerprint density at radius 3 is 2.78 bits per heavy atom. The molecule has 18 heavy (non-hydrogen) atoms. The molecule has 0 N–H and O–H groups in total. The first-order chi connectivity index (χ1) is 8.51. The lowest BCUT2D eigenvalue weighted by Crippen LogP contribution is -2.10. The quantitative estimate of drug-likeness (QED) is 0.388. The Morgan fingerprint density at radius 2 is 2.28 bits per heavy atom. The molecule has 1 aromatic rings. The van der Waals surface area contributed by atoms with Gasteiger partial charge in [-0.3, -0.25) is 14.9 Å². The fourth-order valence-corrected chi connectivity index (χ4v) is 1.74. The Morgan fingerprint density at radius 1 is 1.61 bits per heavy atom. The van der Waals surface area contributed by atoms with Crippen LogP contribution in [0.5, 0.6) is 0 Å². The molecule has 0 saturated heterocycles. The van der Waals surface area contributed by atoms with Gasteiger partial charge in [-0.2, -0.15) is 5.26 Å². The zero-order valence-corrected chi connectivity index (χ0v) is 10.4. The molecule has 0 aliphatic rings. The van der Waals surface area contributed by atoms with E-state index in [4.69, 9.17) is 10.00 Å². The number of nitriles is 1. The minimum absolute atomic E-state index is 0.0980. The van der Waals surface area contributed by atoms with Crippen LogP contribution in [0.2, 0.25) is 0 Å². The summed E-state index contributed by atoms with van der Waals surface area (Å²) < 4.78 is 4.73. The first kappa shape index (κ1) is 14.0. The van der Waals surface area contributed by atoms with Gasteiger partial charge in [0.1, 0.15) is 6.07 Å². The van der Waals surface area contributed by atoms with Gasteiger partial charge in [0.2, 0.25) is 0 Å². The van der Waals surface area contributed by atoms with Crippen LogP contribution >= 0.6 is 12.6 Å². The largest absolute Gasteiger partial charge is 0.466 e. The van der Waals surface area contributed by atoms with Crippen molar-refractivity contribution >= 4 is 24.3 Å². The Bertz CT molecular complexity index is 537. The number of esters is 1. The summed E-state index contributed by atoms with van der Waals surface area (Å²) in [5, 5.41) is 19.7. The molecule has 0 unspecified atom stereocenters. The second kappa shape index (κ2) is 6.02. The van der Waals surface area contributed by atoms with Crippen molar-refractivity contribution in [1.82, 2.24) is 0 Å². The van der Waals surface area contributed by atoms with Crippen molar-refractivity contribution in [2.75, 3.05) is 6.61 Å². The summed E-state index contributed by atoms with van der Waals surface area (Å²) in [4.78, 5) is 21.8. The molecule has 0 bridgehead atoms. The first-order valence-electron chi connectivity index (χ1n) is 5.06. The van der Waals surface area contributed by atoms with Gasteiger partial charge in [0.15, 0.2) is 0 Å². The summed E-state index contributed by atoms with van der Waals surface area (Å²) in [5.74, 6) is -0.592. The van der Waals surface area contributed by atoms with Gasteiger partial charge in [0, 0.05) is 11.0 Å². The average Bonchev–Trinajstić information content (AvgIpc) is 2.31. The minimum Gasteiger partial charge on any atom is -0.466 e. The third kappa shape index (κ3) is 2.99. The number of rotatable bonds is 4. The molecule has 0 radical (unpaired) electrons. The summed E-state index contributed by atoms with van der Waals surface area (Å²) in [6, 6.07) is 4.34. The van der Waals surface area contributed by atoms with Crippen LogP contribution < -0.4 is 0 Å². The highest BCUT2D eigenvalue weighted by molar-refractivity contribution is 7.80. The fourth-order valence-electron chi connectivity index (χ4n) is 1.42. The fraction of sp³-hybridized carbons (Fsp3) is 0.273. The van der Waals surface area contributed by atoms with Crippen LogP contribution in [0.3, 0.4) is 0 Å². The standard InChI is InChI=1S/C11H10N2O4S/c1-2-17-10(14)5-8-9(13(15)16)4-3-7(6-12)11(8)18/h3-4,18H,2,5H2,1H3. The van der Waals surface area contributed by atoms with E-state index in [1.54, 1.807) is 6.92 Å². The lowest BCUT2D eigenvalue weighted by Gasteiger charge is -2.07. The summed E-state index contributed by atoms with van der Waals surface area (Å²) in [7, 11) is 0. The number of ether oxygens (including phenoxy) is 1. The summed E-state index contributed by atoms with van der Waals surface area (Å²) in [6.07, 6.45) is -0.279. The smallest absolute Gasteiger partial charge is 0.310 e. The maximum absolute atomic E-state index is 11.4. The molecule has 7 heteroatoms. The highest BCUT2D eigenvalue weighted by Gasteiger charge is 2.21. The van der Waals surface area contributed by atoms with Crippen LogP contribution in [0.4, 0.5) is 5.69 Å². The van der Waals surface area contributed by atoms with Crippen molar-refractivity contribution in [2.45, 2.75) is 18.2 Å². The number of nitrogens with zero attached hydrogens (tertiary/aromatic N) is 2. The van der Waals surface area contributed by atoms with Crippen LogP contribution in [-0.4, -0.2) is 17.5 Å². The molecular weight excluding hydrogens is 256 g/mol. The minimum atomic E-state index is -0.616. The molecule has 0 heterocycles. The number of carbonyl (C=O) groups excluding carboxylic acids is 1. The maximum atomic E-state index is 11.4. The number of benzene rings is 1. The van der Waals surface area contributed by atoms with E-state index in [1.807, 2.05) is 6.07 Å². The number of nitro benzene ring substituents is 1. The number of nitro groups is 1. The van der Waals surface area contributed by atoms with Crippen LogP contribution in [0.1, 0.15) is 18.1 Å². The molecule has 0 saturated carbocycles. The number of carbonyl (C=O) groups is 1. The molecule has 0 amide bonds. The van der Waals surface area contributed by atoms with E-state index in [2.05, 4.69) is 12.6 Å². The van der Waals surface area contributed by atoms with E-state index < -0.39 is 10.9 Å². The van der Waals surface area contributed by atoms with Crippen molar-refractivity contribution in [2.24, 2.45) is 0 Å². The van der Waals surface area contributed by atoms with Crippen LogP contribution in [-0.2, 0) is 16.0 Å². The van der Waals surface area contributed by atoms with Crippen LogP contribution in [0, 0.1) is 21.4 Å². The van der Waals surface area contributed by atoms with Crippen molar-refractivity contribution in [1.29, 1.82) is 5.26 Å². The molecule has 1 rings (SSSR count). The van der Waals surface area contributed by atoms with Gasteiger partial charge < -0.3 is 4.74 Å². The third-order valence-corrected chi connectivity index (χ3v) is 2.71. The van der Waals surface area contributed by atoms with Gasteiger partial charge in [-0.05, 0) is 13.0 Å². The summed E-state index contributed by atoms with van der Waals surface area (Å²) in [5.41, 5.74) is 0.0381. The van der Waals surface area contributed by atoms with E-state index in [0.717, 1.165) is 0 Å². The van der Waals surface area contributed by atoms with Gasteiger partial charge in [-0.25, -0.2) is 0 Å². The van der Waals surface area contributed by atoms with Crippen molar-refractivity contribution in [3.8, 4) is 6.07 Å². The molecule has 0 aromatic heterocycles.